The lowest BCUT2D eigenvalue weighted by molar-refractivity contribution is 0.413. The van der Waals surface area contributed by atoms with Crippen molar-refractivity contribution in [2.75, 3.05) is 24.5 Å². The minimum Gasteiger partial charge on any atom is -0.354 e. The highest BCUT2D eigenvalue weighted by atomic mass is 35.5. The molecule has 4 nitrogen and oxygen atoms in total. The monoisotopic (exact) mass is 226 g/mol. The average Bonchev–Trinajstić information content (AvgIpc) is 2.30. The summed E-state index contributed by atoms with van der Waals surface area (Å²) in [6.45, 7) is 2.72. The van der Waals surface area contributed by atoms with Gasteiger partial charge in [-0.3, -0.25) is 0 Å². The van der Waals surface area contributed by atoms with Gasteiger partial charge in [-0.2, -0.15) is 0 Å². The van der Waals surface area contributed by atoms with E-state index in [1.807, 2.05) is 0 Å². The second kappa shape index (κ2) is 4.77. The Balaban J connectivity index is 2.04. The van der Waals surface area contributed by atoms with Gasteiger partial charge in [0.25, 0.3) is 0 Å². The third kappa shape index (κ3) is 2.38. The van der Waals surface area contributed by atoms with Crippen molar-refractivity contribution in [3.8, 4) is 0 Å². The molecule has 1 fully saturated rings. The van der Waals surface area contributed by atoms with E-state index in [1.54, 1.807) is 12.4 Å². The van der Waals surface area contributed by atoms with Gasteiger partial charge < -0.3 is 10.6 Å². The number of hydrogen-bond donors (Lipinski definition) is 1. The second-order valence-corrected chi connectivity index (χ2v) is 4.19. The van der Waals surface area contributed by atoms with Gasteiger partial charge in [0.2, 0.25) is 0 Å². The molecule has 2 N–H and O–H groups in total. The topological polar surface area (TPSA) is 55.0 Å². The molecule has 0 bridgehead atoms. The Hall–Kier alpha value is -0.870. The lowest BCUT2D eigenvalue weighted by Gasteiger charge is -2.32. The van der Waals surface area contributed by atoms with Gasteiger partial charge >= 0.3 is 0 Å². The number of halogens is 1. The maximum atomic E-state index is 5.99. The summed E-state index contributed by atoms with van der Waals surface area (Å²) in [5.74, 6) is 1.45. The van der Waals surface area contributed by atoms with Crippen LogP contribution < -0.4 is 10.6 Å². The number of nitrogens with zero attached hydrogens (tertiary/aromatic N) is 3. The van der Waals surface area contributed by atoms with E-state index in [2.05, 4.69) is 14.9 Å². The first kappa shape index (κ1) is 10.6. The maximum Gasteiger partial charge on any atom is 0.171 e. The number of aromatic nitrogens is 2. The zero-order valence-electron chi connectivity index (χ0n) is 8.56. The highest BCUT2D eigenvalue weighted by Gasteiger charge is 2.20. The molecule has 1 aliphatic rings. The van der Waals surface area contributed by atoms with Gasteiger partial charge in [-0.1, -0.05) is 11.6 Å². The summed E-state index contributed by atoms with van der Waals surface area (Å²) in [6.07, 6.45) is 5.52. The van der Waals surface area contributed by atoms with Crippen LogP contribution in [0.4, 0.5) is 5.82 Å². The predicted molar refractivity (Wildman–Crippen MR) is 61.0 cm³/mol. The summed E-state index contributed by atoms with van der Waals surface area (Å²) in [5, 5.41) is 0.490. The molecule has 5 heteroatoms. The van der Waals surface area contributed by atoms with Crippen molar-refractivity contribution in [3.05, 3.63) is 17.5 Å². The zero-order chi connectivity index (χ0) is 10.7. The van der Waals surface area contributed by atoms with Crippen LogP contribution in [-0.4, -0.2) is 29.6 Å². The van der Waals surface area contributed by atoms with Gasteiger partial charge in [-0.25, -0.2) is 9.97 Å². The molecular weight excluding hydrogens is 212 g/mol. The zero-order valence-corrected chi connectivity index (χ0v) is 9.32. The summed E-state index contributed by atoms with van der Waals surface area (Å²) in [6, 6.07) is 0. The summed E-state index contributed by atoms with van der Waals surface area (Å²) in [7, 11) is 0. The number of piperidine rings is 1. The van der Waals surface area contributed by atoms with Gasteiger partial charge in [0, 0.05) is 25.5 Å². The molecule has 1 saturated heterocycles. The molecule has 0 atom stereocenters. The molecule has 2 heterocycles. The SMILES string of the molecule is NCC1CCN(c2nccnc2Cl)CC1. The van der Waals surface area contributed by atoms with E-state index in [-0.39, 0.29) is 0 Å². The summed E-state index contributed by atoms with van der Waals surface area (Å²) in [4.78, 5) is 10.5. The molecule has 82 valence electrons. The van der Waals surface area contributed by atoms with Crippen LogP contribution in [0.1, 0.15) is 12.8 Å². The Morgan fingerprint density at radius 1 is 1.33 bits per heavy atom. The first-order valence-corrected chi connectivity index (χ1v) is 5.60. The standard InChI is InChI=1S/C10H15ClN4/c11-9-10(14-4-3-13-9)15-5-1-8(7-12)2-6-15/h3-4,8H,1-2,5-7,12H2. The Kier molecular flexibility index (Phi) is 3.38. The average molecular weight is 227 g/mol. The summed E-state index contributed by atoms with van der Waals surface area (Å²) in [5.41, 5.74) is 5.64. The van der Waals surface area contributed by atoms with Crippen molar-refractivity contribution in [1.29, 1.82) is 0 Å². The number of rotatable bonds is 2. The van der Waals surface area contributed by atoms with Crippen molar-refractivity contribution in [1.82, 2.24) is 9.97 Å². The Bertz CT molecular complexity index is 323. The number of nitrogens with two attached hydrogens (primary N) is 1. The third-order valence-corrected chi connectivity index (χ3v) is 3.15. The molecular formula is C10H15ClN4. The minimum atomic E-state index is 0.490. The number of hydrogen-bond acceptors (Lipinski definition) is 4. The fourth-order valence-electron chi connectivity index (χ4n) is 1.91. The first-order chi connectivity index (χ1) is 7.31. The van der Waals surface area contributed by atoms with Gasteiger partial charge in [-0.05, 0) is 25.3 Å². The van der Waals surface area contributed by atoms with Crippen LogP contribution in [0.2, 0.25) is 5.15 Å². The van der Waals surface area contributed by atoms with Crippen LogP contribution in [-0.2, 0) is 0 Å². The van der Waals surface area contributed by atoms with Gasteiger partial charge in [0.05, 0.1) is 0 Å². The van der Waals surface area contributed by atoms with Crippen molar-refractivity contribution in [2.24, 2.45) is 11.7 Å². The van der Waals surface area contributed by atoms with E-state index in [4.69, 9.17) is 17.3 Å². The summed E-state index contributed by atoms with van der Waals surface area (Å²) < 4.78 is 0. The van der Waals surface area contributed by atoms with Gasteiger partial charge in [-0.15, -0.1) is 0 Å². The molecule has 1 aromatic heterocycles. The van der Waals surface area contributed by atoms with Gasteiger partial charge in [0.15, 0.2) is 11.0 Å². The third-order valence-electron chi connectivity index (χ3n) is 2.88. The van der Waals surface area contributed by atoms with Gasteiger partial charge in [0.1, 0.15) is 0 Å². The van der Waals surface area contributed by atoms with Crippen molar-refractivity contribution in [2.45, 2.75) is 12.8 Å². The summed E-state index contributed by atoms with van der Waals surface area (Å²) >= 11 is 5.99. The normalized spacial score (nSPS) is 18.1. The van der Waals surface area contributed by atoms with Crippen molar-refractivity contribution >= 4 is 17.4 Å². The molecule has 0 radical (unpaired) electrons. The minimum absolute atomic E-state index is 0.490. The maximum absolute atomic E-state index is 5.99. The molecule has 0 aromatic carbocycles. The highest BCUT2D eigenvalue weighted by Crippen LogP contribution is 2.25. The smallest absolute Gasteiger partial charge is 0.171 e. The molecule has 0 spiro atoms. The quantitative estimate of drug-likeness (QED) is 0.826. The lowest BCUT2D eigenvalue weighted by Crippen LogP contribution is -2.36. The second-order valence-electron chi connectivity index (χ2n) is 3.84. The van der Waals surface area contributed by atoms with Crippen molar-refractivity contribution < 1.29 is 0 Å². The van der Waals surface area contributed by atoms with E-state index >= 15 is 0 Å². The van der Waals surface area contributed by atoms with Crippen LogP contribution in [0.25, 0.3) is 0 Å². The molecule has 15 heavy (non-hydrogen) atoms. The fraction of sp³-hybridized carbons (Fsp3) is 0.600. The van der Waals surface area contributed by atoms with E-state index in [0.29, 0.717) is 11.1 Å². The lowest BCUT2D eigenvalue weighted by atomic mass is 9.97. The van der Waals surface area contributed by atoms with Crippen LogP contribution in [0.5, 0.6) is 0 Å². The molecule has 1 aromatic rings. The molecule has 0 unspecified atom stereocenters. The Labute approximate surface area is 94.5 Å². The van der Waals surface area contributed by atoms with Crippen LogP contribution in [0, 0.1) is 5.92 Å². The van der Waals surface area contributed by atoms with Crippen LogP contribution in [0.3, 0.4) is 0 Å². The van der Waals surface area contributed by atoms with E-state index in [0.717, 1.165) is 38.3 Å². The predicted octanol–water partition coefficient (Wildman–Crippen LogP) is 1.31. The molecule has 0 amide bonds. The molecule has 0 aliphatic carbocycles. The first-order valence-electron chi connectivity index (χ1n) is 5.22. The van der Waals surface area contributed by atoms with Crippen LogP contribution in [0.15, 0.2) is 12.4 Å². The molecule has 0 saturated carbocycles. The Morgan fingerprint density at radius 3 is 2.60 bits per heavy atom. The van der Waals surface area contributed by atoms with E-state index in [9.17, 15) is 0 Å². The number of anilines is 1. The van der Waals surface area contributed by atoms with E-state index < -0.39 is 0 Å². The van der Waals surface area contributed by atoms with E-state index in [1.165, 1.54) is 0 Å². The van der Waals surface area contributed by atoms with Crippen LogP contribution >= 0.6 is 11.6 Å². The van der Waals surface area contributed by atoms with Crippen molar-refractivity contribution in [3.63, 3.8) is 0 Å². The fourth-order valence-corrected chi connectivity index (χ4v) is 2.13. The highest BCUT2D eigenvalue weighted by molar-refractivity contribution is 6.31. The molecule has 2 rings (SSSR count). The molecule has 1 aliphatic heterocycles. The largest absolute Gasteiger partial charge is 0.354 e. The Morgan fingerprint density at radius 2 is 2.00 bits per heavy atom.